The number of aromatic hydroxyl groups is 1. The molecular formula is C24H26O7. The lowest BCUT2D eigenvalue weighted by molar-refractivity contribution is 0.103. The number of ketones is 1. The number of carbonyl (C=O) groups is 1. The number of methoxy groups -OCH3 is 4. The lowest BCUT2D eigenvalue weighted by atomic mass is 9.96. The third-order valence-corrected chi connectivity index (χ3v) is 4.86. The zero-order chi connectivity index (χ0) is 22.8. The molecule has 2 aromatic carbocycles. The first-order valence-electron chi connectivity index (χ1n) is 9.59. The van der Waals surface area contributed by atoms with Crippen molar-refractivity contribution < 1.29 is 33.6 Å². The molecule has 0 radical (unpaired) electrons. The smallest absolute Gasteiger partial charge is 0.203 e. The number of phenolic OH excluding ortho intramolecular Hbond substituents is 1. The Labute approximate surface area is 181 Å². The van der Waals surface area contributed by atoms with Crippen LogP contribution in [0.2, 0.25) is 0 Å². The number of hydrogen-bond acceptors (Lipinski definition) is 7. The van der Waals surface area contributed by atoms with Gasteiger partial charge in [-0.25, -0.2) is 0 Å². The first-order chi connectivity index (χ1) is 14.7. The molecular weight excluding hydrogens is 400 g/mol. The van der Waals surface area contributed by atoms with Gasteiger partial charge in [-0.15, -0.1) is 0 Å². The molecule has 3 rings (SSSR count). The normalized spacial score (nSPS) is 14.0. The van der Waals surface area contributed by atoms with E-state index in [0.29, 0.717) is 34.1 Å². The van der Waals surface area contributed by atoms with Crippen LogP contribution in [-0.2, 0) is 0 Å². The largest absolute Gasteiger partial charge is 0.507 e. The molecule has 7 nitrogen and oxygen atoms in total. The van der Waals surface area contributed by atoms with Crippen LogP contribution in [0.15, 0.2) is 30.4 Å². The Morgan fingerprint density at radius 2 is 1.58 bits per heavy atom. The third-order valence-electron chi connectivity index (χ3n) is 4.86. The highest BCUT2D eigenvalue weighted by Crippen LogP contribution is 2.44. The molecule has 0 spiro atoms. The molecule has 0 aliphatic carbocycles. The molecule has 0 aromatic heterocycles. The summed E-state index contributed by atoms with van der Waals surface area (Å²) in [6.07, 6.45) is 6.66. The summed E-state index contributed by atoms with van der Waals surface area (Å²) in [6.45, 7) is 3.73. The van der Waals surface area contributed by atoms with Gasteiger partial charge in [-0.1, -0.05) is 6.08 Å². The molecule has 31 heavy (non-hydrogen) atoms. The van der Waals surface area contributed by atoms with Crippen molar-refractivity contribution in [2.45, 2.75) is 19.4 Å². The molecule has 1 N–H and O–H groups in total. The predicted octanol–water partition coefficient (Wildman–Crippen LogP) is 4.51. The van der Waals surface area contributed by atoms with Gasteiger partial charge in [0.2, 0.25) is 5.75 Å². The number of fused-ring (bicyclic) bond motifs is 1. The van der Waals surface area contributed by atoms with Gasteiger partial charge in [-0.05, 0) is 49.8 Å². The third kappa shape index (κ3) is 4.30. The first kappa shape index (κ1) is 22.1. The minimum Gasteiger partial charge on any atom is -0.507 e. The van der Waals surface area contributed by atoms with E-state index in [1.165, 1.54) is 40.6 Å². The average Bonchev–Trinajstić information content (AvgIpc) is 2.75. The molecule has 1 aliphatic rings. The van der Waals surface area contributed by atoms with Crippen molar-refractivity contribution >= 4 is 17.9 Å². The summed E-state index contributed by atoms with van der Waals surface area (Å²) in [5.41, 5.74) is 0.688. The molecule has 0 saturated heterocycles. The molecule has 7 heteroatoms. The highest BCUT2D eigenvalue weighted by Gasteiger charge is 2.30. The minimum absolute atomic E-state index is 0.0666. The topological polar surface area (TPSA) is 83.5 Å². The van der Waals surface area contributed by atoms with Crippen molar-refractivity contribution in [3.05, 3.63) is 47.0 Å². The van der Waals surface area contributed by atoms with E-state index in [-0.39, 0.29) is 17.1 Å². The maximum atomic E-state index is 13.1. The Hall–Kier alpha value is -3.61. The Bertz CT molecular complexity index is 1040. The number of benzene rings is 2. The number of hydrogen-bond donors (Lipinski definition) is 1. The molecule has 0 unspecified atom stereocenters. The van der Waals surface area contributed by atoms with Gasteiger partial charge in [0, 0.05) is 6.07 Å². The van der Waals surface area contributed by atoms with E-state index in [1.54, 1.807) is 18.2 Å². The van der Waals surface area contributed by atoms with Gasteiger partial charge in [-0.2, -0.15) is 0 Å². The van der Waals surface area contributed by atoms with Crippen LogP contribution in [-0.4, -0.2) is 44.9 Å². The molecule has 0 bridgehead atoms. The van der Waals surface area contributed by atoms with Crippen LogP contribution in [0.5, 0.6) is 34.5 Å². The predicted molar refractivity (Wildman–Crippen MR) is 118 cm³/mol. The van der Waals surface area contributed by atoms with Crippen LogP contribution in [0.25, 0.3) is 12.2 Å². The summed E-state index contributed by atoms with van der Waals surface area (Å²) in [7, 11) is 6.05. The van der Waals surface area contributed by atoms with Gasteiger partial charge in [0.05, 0.1) is 34.0 Å². The Morgan fingerprint density at radius 1 is 0.968 bits per heavy atom. The molecule has 2 aromatic rings. The molecule has 0 atom stereocenters. The second kappa shape index (κ2) is 8.63. The quantitative estimate of drug-likeness (QED) is 0.515. The van der Waals surface area contributed by atoms with E-state index in [0.717, 1.165) is 0 Å². The fraction of sp³-hybridized carbons (Fsp3) is 0.292. The summed E-state index contributed by atoms with van der Waals surface area (Å²) >= 11 is 0. The van der Waals surface area contributed by atoms with Crippen molar-refractivity contribution in [1.29, 1.82) is 0 Å². The summed E-state index contributed by atoms with van der Waals surface area (Å²) in [5.74, 6) is 1.45. The zero-order valence-corrected chi connectivity index (χ0v) is 18.4. The van der Waals surface area contributed by atoms with Crippen molar-refractivity contribution in [2.75, 3.05) is 28.4 Å². The highest BCUT2D eigenvalue weighted by atomic mass is 16.5. The van der Waals surface area contributed by atoms with E-state index in [1.807, 2.05) is 26.0 Å². The number of ether oxygens (including phenoxy) is 5. The lowest BCUT2D eigenvalue weighted by Crippen LogP contribution is -2.28. The number of allylic oxidation sites excluding steroid dienone is 1. The second-order valence-corrected chi connectivity index (χ2v) is 7.41. The number of phenols is 1. The van der Waals surface area contributed by atoms with Crippen LogP contribution in [0.4, 0.5) is 0 Å². The molecule has 0 saturated carbocycles. The minimum atomic E-state index is -0.638. The Balaban J connectivity index is 2.04. The van der Waals surface area contributed by atoms with Crippen LogP contribution in [0.3, 0.4) is 0 Å². The highest BCUT2D eigenvalue weighted by molar-refractivity contribution is 6.11. The standard InChI is InChI=1S/C24H26O7/c1-24(2)10-9-15-18(27-3)13-17(26)21(22(15)31-24)16(25)8-7-14-11-19(28-4)23(30-6)20(12-14)29-5/h7-13,26H,1-6H3/b8-7+. The Kier molecular flexibility index (Phi) is 6.15. The molecule has 1 aliphatic heterocycles. The lowest BCUT2D eigenvalue weighted by Gasteiger charge is -2.30. The van der Waals surface area contributed by atoms with Gasteiger partial charge in [-0.3, -0.25) is 4.79 Å². The molecule has 1 heterocycles. The van der Waals surface area contributed by atoms with Crippen LogP contribution >= 0.6 is 0 Å². The summed E-state index contributed by atoms with van der Waals surface area (Å²) in [6, 6.07) is 4.85. The van der Waals surface area contributed by atoms with Gasteiger partial charge in [0.25, 0.3) is 0 Å². The van der Waals surface area contributed by atoms with Crippen LogP contribution < -0.4 is 23.7 Å². The molecule has 0 amide bonds. The fourth-order valence-corrected chi connectivity index (χ4v) is 3.34. The summed E-state index contributed by atoms with van der Waals surface area (Å²) < 4.78 is 27.4. The maximum Gasteiger partial charge on any atom is 0.203 e. The van der Waals surface area contributed by atoms with Crippen LogP contribution in [0, 0.1) is 0 Å². The van der Waals surface area contributed by atoms with Crippen molar-refractivity contribution in [3.63, 3.8) is 0 Å². The number of carbonyl (C=O) groups excluding carboxylic acids is 1. The first-order valence-corrected chi connectivity index (χ1v) is 9.59. The second-order valence-electron chi connectivity index (χ2n) is 7.41. The Morgan fingerprint density at radius 3 is 2.13 bits per heavy atom. The van der Waals surface area contributed by atoms with Crippen LogP contribution in [0.1, 0.15) is 35.3 Å². The van der Waals surface area contributed by atoms with Crippen molar-refractivity contribution in [2.24, 2.45) is 0 Å². The van der Waals surface area contributed by atoms with Crippen molar-refractivity contribution in [3.8, 4) is 34.5 Å². The van der Waals surface area contributed by atoms with Gasteiger partial charge in [0.1, 0.15) is 28.4 Å². The maximum absolute atomic E-state index is 13.1. The zero-order valence-electron chi connectivity index (χ0n) is 18.4. The van der Waals surface area contributed by atoms with E-state index in [9.17, 15) is 9.90 Å². The summed E-state index contributed by atoms with van der Waals surface area (Å²) in [4.78, 5) is 13.1. The van der Waals surface area contributed by atoms with E-state index in [2.05, 4.69) is 0 Å². The fourth-order valence-electron chi connectivity index (χ4n) is 3.34. The van der Waals surface area contributed by atoms with Crippen molar-refractivity contribution in [1.82, 2.24) is 0 Å². The average molecular weight is 426 g/mol. The molecule has 164 valence electrons. The molecule has 0 fully saturated rings. The summed E-state index contributed by atoms with van der Waals surface area (Å²) in [5, 5.41) is 10.6. The van der Waals surface area contributed by atoms with Gasteiger partial charge in [0.15, 0.2) is 17.3 Å². The monoisotopic (exact) mass is 426 g/mol. The van der Waals surface area contributed by atoms with E-state index in [4.69, 9.17) is 23.7 Å². The van der Waals surface area contributed by atoms with Gasteiger partial charge < -0.3 is 28.8 Å². The SMILES string of the molecule is COc1cc(O)c(C(=O)/C=C/c2cc(OC)c(OC)c(OC)c2)c2c1C=CC(C)(C)O2. The number of rotatable bonds is 7. The van der Waals surface area contributed by atoms with E-state index >= 15 is 0 Å². The van der Waals surface area contributed by atoms with Gasteiger partial charge >= 0.3 is 0 Å². The van der Waals surface area contributed by atoms with E-state index < -0.39 is 11.4 Å².